The van der Waals surface area contributed by atoms with E-state index in [0.717, 1.165) is 0 Å². The molecule has 0 aliphatic heterocycles. The van der Waals surface area contributed by atoms with E-state index in [9.17, 15) is 4.79 Å². The van der Waals surface area contributed by atoms with Gasteiger partial charge in [-0.2, -0.15) is 4.98 Å². The van der Waals surface area contributed by atoms with Gasteiger partial charge in [0.1, 0.15) is 0 Å². The van der Waals surface area contributed by atoms with E-state index in [2.05, 4.69) is 20.0 Å². The largest absolute Gasteiger partial charge is 0.351 e. The number of primary amides is 1. The second-order valence-corrected chi connectivity index (χ2v) is 1.63. The zero-order chi connectivity index (χ0) is 7.56. The Morgan fingerprint density at radius 1 is 1.80 bits per heavy atom. The second-order valence-electron chi connectivity index (χ2n) is 1.63. The molecule has 0 unspecified atom stereocenters. The summed E-state index contributed by atoms with van der Waals surface area (Å²) in [4.78, 5) is 13.8. The van der Waals surface area contributed by atoms with E-state index in [1.165, 1.54) is 0 Å². The van der Waals surface area contributed by atoms with Crippen molar-refractivity contribution in [3.8, 4) is 0 Å². The van der Waals surface area contributed by atoms with Crippen molar-refractivity contribution in [1.29, 1.82) is 0 Å². The molecular weight excluding hydrogens is 136 g/mol. The number of amides is 2. The van der Waals surface area contributed by atoms with Gasteiger partial charge in [-0.25, -0.2) is 4.79 Å². The molecule has 1 aromatic rings. The number of nitrogens with one attached hydrogen (secondary N) is 1. The minimum atomic E-state index is -0.708. The molecule has 0 aliphatic rings. The van der Waals surface area contributed by atoms with E-state index in [1.54, 1.807) is 6.92 Å². The first-order valence-corrected chi connectivity index (χ1v) is 2.55. The topological polar surface area (TPSA) is 94.0 Å². The molecule has 0 aliphatic carbocycles. The number of hydrogen-bond donors (Lipinski definition) is 2. The molecule has 0 spiro atoms. The Labute approximate surface area is 56.4 Å². The van der Waals surface area contributed by atoms with Gasteiger partial charge in [0.25, 0.3) is 5.95 Å². The monoisotopic (exact) mass is 142 g/mol. The summed E-state index contributed by atoms with van der Waals surface area (Å²) in [5.41, 5.74) is 4.76. The van der Waals surface area contributed by atoms with Gasteiger partial charge in [-0.3, -0.25) is 5.32 Å². The number of anilines is 1. The Kier molecular flexibility index (Phi) is 1.53. The van der Waals surface area contributed by atoms with E-state index in [0.29, 0.717) is 5.89 Å². The fraction of sp³-hybridized carbons (Fsp3) is 0.250. The molecule has 0 bridgehead atoms. The molecule has 1 heterocycles. The number of rotatable bonds is 1. The molecule has 10 heavy (non-hydrogen) atoms. The molecule has 1 rings (SSSR count). The predicted molar refractivity (Wildman–Crippen MR) is 32.2 cm³/mol. The number of carbonyl (C=O) groups excluding carboxylic acids is 1. The lowest BCUT2D eigenvalue weighted by molar-refractivity contribution is 0.259. The van der Waals surface area contributed by atoms with E-state index in [4.69, 9.17) is 5.73 Å². The molecule has 6 nitrogen and oxygen atoms in total. The van der Waals surface area contributed by atoms with Gasteiger partial charge in [0.05, 0.1) is 0 Å². The van der Waals surface area contributed by atoms with Crippen LogP contribution in [0.3, 0.4) is 0 Å². The summed E-state index contributed by atoms with van der Waals surface area (Å²) < 4.78 is 4.53. The highest BCUT2D eigenvalue weighted by Crippen LogP contribution is 1.98. The van der Waals surface area contributed by atoms with Crippen molar-refractivity contribution in [1.82, 2.24) is 10.1 Å². The molecule has 0 radical (unpaired) electrons. The first kappa shape index (κ1) is 6.53. The highest BCUT2D eigenvalue weighted by Gasteiger charge is 2.01. The van der Waals surface area contributed by atoms with Gasteiger partial charge in [0.15, 0.2) is 0 Å². The van der Waals surface area contributed by atoms with Crippen LogP contribution in [0.4, 0.5) is 10.7 Å². The van der Waals surface area contributed by atoms with Crippen LogP contribution in [0.1, 0.15) is 5.89 Å². The number of hydrogen-bond acceptors (Lipinski definition) is 4. The molecule has 0 saturated carbocycles. The molecule has 3 N–H and O–H groups in total. The fourth-order valence-corrected chi connectivity index (χ4v) is 0.460. The summed E-state index contributed by atoms with van der Waals surface area (Å²) in [5, 5.41) is 5.51. The number of urea groups is 1. The fourth-order valence-electron chi connectivity index (χ4n) is 0.460. The second kappa shape index (κ2) is 2.34. The summed E-state index contributed by atoms with van der Waals surface area (Å²) in [6.45, 7) is 1.61. The van der Waals surface area contributed by atoms with E-state index in [-0.39, 0.29) is 5.95 Å². The normalized spacial score (nSPS) is 9.30. The zero-order valence-corrected chi connectivity index (χ0v) is 5.29. The first-order valence-electron chi connectivity index (χ1n) is 2.55. The van der Waals surface area contributed by atoms with Crippen LogP contribution in [0.5, 0.6) is 0 Å². The number of nitrogens with zero attached hydrogens (tertiary/aromatic N) is 2. The van der Waals surface area contributed by atoms with Crippen LogP contribution in [-0.2, 0) is 0 Å². The van der Waals surface area contributed by atoms with E-state index < -0.39 is 6.03 Å². The van der Waals surface area contributed by atoms with E-state index in [1.807, 2.05) is 0 Å². The predicted octanol–water partition coefficient (Wildman–Crippen LogP) is -0.131. The molecule has 1 aromatic heterocycles. The minimum absolute atomic E-state index is 0.0880. The van der Waals surface area contributed by atoms with Crippen molar-refractivity contribution < 1.29 is 9.32 Å². The van der Waals surface area contributed by atoms with Gasteiger partial charge in [0.2, 0.25) is 5.89 Å². The summed E-state index contributed by atoms with van der Waals surface area (Å²) in [5.74, 6) is 0.466. The van der Waals surface area contributed by atoms with Crippen molar-refractivity contribution in [2.75, 3.05) is 5.32 Å². The van der Waals surface area contributed by atoms with Crippen LogP contribution < -0.4 is 11.1 Å². The molecule has 0 atom stereocenters. The van der Waals surface area contributed by atoms with Crippen molar-refractivity contribution in [2.45, 2.75) is 6.92 Å². The van der Waals surface area contributed by atoms with Gasteiger partial charge >= 0.3 is 6.03 Å². The molecule has 6 heteroatoms. The molecule has 2 amide bonds. The smallest absolute Gasteiger partial charge is 0.319 e. The standard InChI is InChI=1S/C4H6N4O2/c1-2-6-4(8-10-2)7-3(5)9/h1H3,(H3,5,7,8,9). The van der Waals surface area contributed by atoms with Crippen molar-refractivity contribution in [3.05, 3.63) is 5.89 Å². The Hall–Kier alpha value is -1.59. The van der Waals surface area contributed by atoms with Gasteiger partial charge < -0.3 is 10.3 Å². The molecule has 0 fully saturated rings. The molecule has 0 saturated heterocycles. The lowest BCUT2D eigenvalue weighted by Crippen LogP contribution is -2.19. The van der Waals surface area contributed by atoms with Crippen molar-refractivity contribution >= 4 is 12.0 Å². The number of carbonyl (C=O) groups is 1. The summed E-state index contributed by atoms with van der Waals surface area (Å²) in [7, 11) is 0. The first-order chi connectivity index (χ1) is 4.68. The van der Waals surface area contributed by atoms with Crippen LogP contribution >= 0.6 is 0 Å². The van der Waals surface area contributed by atoms with Gasteiger partial charge in [-0.1, -0.05) is 0 Å². The quantitative estimate of drug-likeness (QED) is 0.571. The SMILES string of the molecule is Cc1nc(NC(N)=O)no1. The maximum atomic E-state index is 10.2. The average molecular weight is 142 g/mol. The van der Waals surface area contributed by atoms with Crippen LogP contribution in [-0.4, -0.2) is 16.2 Å². The summed E-state index contributed by atoms with van der Waals surface area (Å²) in [6.07, 6.45) is 0. The highest BCUT2D eigenvalue weighted by molar-refractivity contribution is 5.85. The lowest BCUT2D eigenvalue weighted by Gasteiger charge is -1.88. The third-order valence-corrected chi connectivity index (χ3v) is 0.763. The van der Waals surface area contributed by atoms with E-state index >= 15 is 0 Å². The Balaban J connectivity index is 2.67. The van der Waals surface area contributed by atoms with Crippen LogP contribution in [0.25, 0.3) is 0 Å². The third kappa shape index (κ3) is 1.44. The Morgan fingerprint density at radius 3 is 2.90 bits per heavy atom. The number of nitrogens with two attached hydrogens (primary N) is 1. The average Bonchev–Trinajstić information content (AvgIpc) is 2.13. The van der Waals surface area contributed by atoms with Gasteiger partial charge in [-0.05, 0) is 5.16 Å². The maximum Gasteiger partial charge on any atom is 0.319 e. The van der Waals surface area contributed by atoms with Gasteiger partial charge in [0, 0.05) is 6.92 Å². The van der Waals surface area contributed by atoms with Gasteiger partial charge in [-0.15, -0.1) is 0 Å². The highest BCUT2D eigenvalue weighted by atomic mass is 16.5. The maximum absolute atomic E-state index is 10.2. The number of aryl methyl sites for hydroxylation is 1. The van der Waals surface area contributed by atoms with Crippen LogP contribution in [0, 0.1) is 6.92 Å². The van der Waals surface area contributed by atoms with Crippen LogP contribution in [0.15, 0.2) is 4.52 Å². The third-order valence-electron chi connectivity index (χ3n) is 0.763. The lowest BCUT2D eigenvalue weighted by atomic mass is 10.8. The van der Waals surface area contributed by atoms with Crippen LogP contribution in [0.2, 0.25) is 0 Å². The Morgan fingerprint density at radius 2 is 2.50 bits per heavy atom. The number of aromatic nitrogens is 2. The zero-order valence-electron chi connectivity index (χ0n) is 5.29. The minimum Gasteiger partial charge on any atom is -0.351 e. The van der Waals surface area contributed by atoms with Crippen molar-refractivity contribution in [2.24, 2.45) is 5.73 Å². The molecular formula is C4H6N4O2. The summed E-state index contributed by atoms with van der Waals surface area (Å²) >= 11 is 0. The summed E-state index contributed by atoms with van der Waals surface area (Å²) in [6, 6.07) is -0.708. The molecule has 0 aromatic carbocycles. The van der Waals surface area contributed by atoms with Crippen molar-refractivity contribution in [3.63, 3.8) is 0 Å². The molecule has 54 valence electrons. The Bertz CT molecular complexity index is 243.